The minimum atomic E-state index is -3.46. The van der Waals surface area contributed by atoms with Crippen LogP contribution in [0.4, 0.5) is 0 Å². The Morgan fingerprint density at radius 2 is 1.75 bits per heavy atom. The second-order valence-corrected chi connectivity index (χ2v) is 11.0. The zero-order valence-corrected chi connectivity index (χ0v) is 20.7. The molecular formula is C24H29N3O3S2. The molecule has 1 heterocycles. The molecule has 0 spiro atoms. The standard InChI is InChI=1S/C24H29N3O3S2/c1-15(2)27-32(29,30)14-20-9-7-6-8-19(20)13-25-23(28)22-18(5)26-24(31-22)21-11-10-16(3)12-17(21)4/h6-12,15,27H,13-14H2,1-5H3,(H,25,28). The first-order valence-electron chi connectivity index (χ1n) is 10.5. The van der Waals surface area contributed by atoms with E-state index in [1.54, 1.807) is 26.0 Å². The fraction of sp³-hybridized carbons (Fsp3) is 0.333. The summed E-state index contributed by atoms with van der Waals surface area (Å²) in [6, 6.07) is 13.2. The third-order valence-electron chi connectivity index (χ3n) is 4.93. The van der Waals surface area contributed by atoms with Crippen molar-refractivity contribution in [3.8, 4) is 10.6 Å². The SMILES string of the molecule is Cc1ccc(-c2nc(C)c(C(=O)NCc3ccccc3CS(=O)(=O)NC(C)C)s2)c(C)c1. The van der Waals surface area contributed by atoms with Crippen LogP contribution < -0.4 is 10.0 Å². The number of thiazole rings is 1. The first-order chi connectivity index (χ1) is 15.1. The van der Waals surface area contributed by atoms with E-state index in [-0.39, 0.29) is 24.2 Å². The van der Waals surface area contributed by atoms with E-state index in [9.17, 15) is 13.2 Å². The molecule has 0 radical (unpaired) electrons. The zero-order valence-electron chi connectivity index (χ0n) is 19.0. The fourth-order valence-electron chi connectivity index (χ4n) is 3.51. The van der Waals surface area contributed by atoms with E-state index in [0.717, 1.165) is 21.7 Å². The smallest absolute Gasteiger partial charge is 0.263 e. The monoisotopic (exact) mass is 471 g/mol. The Balaban J connectivity index is 1.75. The Hall–Kier alpha value is -2.55. The summed E-state index contributed by atoms with van der Waals surface area (Å²) >= 11 is 1.37. The quantitative estimate of drug-likeness (QED) is 0.507. The molecule has 8 heteroatoms. The van der Waals surface area contributed by atoms with E-state index in [1.807, 2.05) is 45.0 Å². The van der Waals surface area contributed by atoms with Crippen molar-refractivity contribution in [2.45, 2.75) is 53.0 Å². The van der Waals surface area contributed by atoms with Gasteiger partial charge in [0.1, 0.15) is 9.88 Å². The molecule has 0 saturated carbocycles. The maximum absolute atomic E-state index is 12.9. The van der Waals surface area contributed by atoms with E-state index in [2.05, 4.69) is 21.1 Å². The van der Waals surface area contributed by atoms with Crippen molar-refractivity contribution in [2.24, 2.45) is 0 Å². The summed E-state index contributed by atoms with van der Waals surface area (Å²) in [4.78, 5) is 18.1. The van der Waals surface area contributed by atoms with Crippen molar-refractivity contribution in [3.63, 3.8) is 0 Å². The number of hydrogen-bond acceptors (Lipinski definition) is 5. The largest absolute Gasteiger partial charge is 0.347 e. The van der Waals surface area contributed by atoms with Crippen LogP contribution in [0.25, 0.3) is 10.6 Å². The van der Waals surface area contributed by atoms with Crippen molar-refractivity contribution in [1.29, 1.82) is 0 Å². The summed E-state index contributed by atoms with van der Waals surface area (Å²) in [5.74, 6) is -0.345. The molecule has 2 aromatic carbocycles. The highest BCUT2D eigenvalue weighted by atomic mass is 32.2. The second kappa shape index (κ2) is 9.94. The van der Waals surface area contributed by atoms with E-state index in [0.29, 0.717) is 16.1 Å². The zero-order chi connectivity index (χ0) is 23.5. The van der Waals surface area contributed by atoms with Crippen LogP contribution in [0.5, 0.6) is 0 Å². The minimum absolute atomic E-state index is 0.131. The lowest BCUT2D eigenvalue weighted by atomic mass is 10.1. The number of benzene rings is 2. The van der Waals surface area contributed by atoms with Crippen LogP contribution in [0.3, 0.4) is 0 Å². The van der Waals surface area contributed by atoms with Gasteiger partial charge in [-0.25, -0.2) is 18.1 Å². The molecule has 3 rings (SSSR count). The Bertz CT molecular complexity index is 1230. The topological polar surface area (TPSA) is 88.2 Å². The van der Waals surface area contributed by atoms with Gasteiger partial charge >= 0.3 is 0 Å². The van der Waals surface area contributed by atoms with Crippen LogP contribution in [0.2, 0.25) is 0 Å². The fourth-order valence-corrected chi connectivity index (χ4v) is 6.07. The van der Waals surface area contributed by atoms with Crippen molar-refractivity contribution in [3.05, 3.63) is 75.3 Å². The molecule has 6 nitrogen and oxygen atoms in total. The lowest BCUT2D eigenvalue weighted by Gasteiger charge is -2.13. The molecule has 0 atom stereocenters. The van der Waals surface area contributed by atoms with Crippen LogP contribution in [0.1, 0.15) is 51.5 Å². The number of carbonyl (C=O) groups excluding carboxylic acids is 1. The number of nitrogens with zero attached hydrogens (tertiary/aromatic N) is 1. The summed E-state index contributed by atoms with van der Waals surface area (Å²) in [5.41, 5.74) is 5.44. The molecule has 2 N–H and O–H groups in total. The van der Waals surface area contributed by atoms with Gasteiger partial charge in [0.05, 0.1) is 11.4 Å². The molecule has 0 aliphatic rings. The van der Waals surface area contributed by atoms with Gasteiger partial charge in [0.2, 0.25) is 10.0 Å². The summed E-state index contributed by atoms with van der Waals surface area (Å²) in [7, 11) is -3.46. The van der Waals surface area contributed by atoms with Crippen molar-refractivity contribution in [1.82, 2.24) is 15.0 Å². The Labute approximate surface area is 194 Å². The predicted molar refractivity (Wildman–Crippen MR) is 130 cm³/mol. The van der Waals surface area contributed by atoms with Gasteiger partial charge in [-0.3, -0.25) is 4.79 Å². The normalized spacial score (nSPS) is 11.7. The molecular weight excluding hydrogens is 442 g/mol. The molecule has 0 saturated heterocycles. The molecule has 32 heavy (non-hydrogen) atoms. The molecule has 170 valence electrons. The molecule has 0 unspecified atom stereocenters. The number of rotatable bonds is 8. The van der Waals surface area contributed by atoms with E-state index in [1.165, 1.54) is 16.9 Å². The van der Waals surface area contributed by atoms with Crippen LogP contribution >= 0.6 is 11.3 Å². The number of nitrogens with one attached hydrogen (secondary N) is 2. The first-order valence-corrected chi connectivity index (χ1v) is 12.9. The van der Waals surface area contributed by atoms with Crippen molar-refractivity contribution < 1.29 is 13.2 Å². The Morgan fingerprint density at radius 1 is 1.06 bits per heavy atom. The van der Waals surface area contributed by atoms with Crippen molar-refractivity contribution >= 4 is 27.3 Å². The Morgan fingerprint density at radius 3 is 2.41 bits per heavy atom. The highest BCUT2D eigenvalue weighted by Gasteiger charge is 2.19. The predicted octanol–water partition coefficient (Wildman–Crippen LogP) is 4.49. The van der Waals surface area contributed by atoms with Crippen LogP contribution in [0, 0.1) is 20.8 Å². The lowest BCUT2D eigenvalue weighted by molar-refractivity contribution is 0.0954. The van der Waals surface area contributed by atoms with Gasteiger partial charge in [-0.2, -0.15) is 0 Å². The number of amides is 1. The average molecular weight is 472 g/mol. The van der Waals surface area contributed by atoms with Gasteiger partial charge in [-0.15, -0.1) is 11.3 Å². The van der Waals surface area contributed by atoms with E-state index < -0.39 is 10.0 Å². The molecule has 0 bridgehead atoms. The number of aromatic nitrogens is 1. The van der Waals surface area contributed by atoms with Crippen molar-refractivity contribution in [2.75, 3.05) is 0 Å². The molecule has 1 amide bonds. The van der Waals surface area contributed by atoms with Gasteiger partial charge in [-0.05, 0) is 51.3 Å². The molecule has 0 fully saturated rings. The highest BCUT2D eigenvalue weighted by Crippen LogP contribution is 2.30. The summed E-state index contributed by atoms with van der Waals surface area (Å²) < 4.78 is 27.3. The number of sulfonamides is 1. The number of hydrogen-bond donors (Lipinski definition) is 2. The number of carbonyl (C=O) groups is 1. The second-order valence-electron chi connectivity index (χ2n) is 8.23. The van der Waals surface area contributed by atoms with Gasteiger partial charge in [0.25, 0.3) is 5.91 Å². The molecule has 1 aromatic heterocycles. The first kappa shape index (κ1) is 24.1. The van der Waals surface area contributed by atoms with E-state index >= 15 is 0 Å². The minimum Gasteiger partial charge on any atom is -0.347 e. The maximum atomic E-state index is 12.9. The third-order valence-corrected chi connectivity index (χ3v) is 7.64. The van der Waals surface area contributed by atoms with E-state index in [4.69, 9.17) is 0 Å². The summed E-state index contributed by atoms with van der Waals surface area (Å²) in [6.07, 6.45) is 0. The van der Waals surface area contributed by atoms with Gasteiger partial charge in [0, 0.05) is 18.2 Å². The molecule has 3 aromatic rings. The summed E-state index contributed by atoms with van der Waals surface area (Å²) in [6.45, 7) is 9.72. The maximum Gasteiger partial charge on any atom is 0.263 e. The number of aryl methyl sites for hydroxylation is 3. The lowest BCUT2D eigenvalue weighted by Crippen LogP contribution is -2.31. The van der Waals surface area contributed by atoms with Gasteiger partial charge in [0.15, 0.2) is 0 Å². The third kappa shape index (κ3) is 6.03. The highest BCUT2D eigenvalue weighted by molar-refractivity contribution is 7.88. The van der Waals surface area contributed by atoms with Gasteiger partial charge in [-0.1, -0.05) is 48.0 Å². The Kier molecular flexibility index (Phi) is 7.48. The van der Waals surface area contributed by atoms with Crippen LogP contribution in [-0.4, -0.2) is 25.4 Å². The average Bonchev–Trinajstić information content (AvgIpc) is 3.07. The van der Waals surface area contributed by atoms with Gasteiger partial charge < -0.3 is 5.32 Å². The summed E-state index contributed by atoms with van der Waals surface area (Å²) in [5, 5.41) is 3.74. The van der Waals surface area contributed by atoms with Crippen LogP contribution in [-0.2, 0) is 22.3 Å². The molecule has 0 aliphatic carbocycles. The van der Waals surface area contributed by atoms with Crippen LogP contribution in [0.15, 0.2) is 42.5 Å². The molecule has 0 aliphatic heterocycles.